The van der Waals surface area contributed by atoms with E-state index >= 15 is 0 Å². The second-order valence-electron chi connectivity index (χ2n) is 5.18. The van der Waals surface area contributed by atoms with Crippen molar-refractivity contribution in [1.82, 2.24) is 9.88 Å². The average molecular weight is 315 g/mol. The van der Waals surface area contributed by atoms with E-state index in [4.69, 9.17) is 0 Å². The van der Waals surface area contributed by atoms with Gasteiger partial charge in [-0.1, -0.05) is 30.3 Å². The van der Waals surface area contributed by atoms with E-state index in [1.807, 2.05) is 30.3 Å². The van der Waals surface area contributed by atoms with Crippen molar-refractivity contribution >= 4 is 28.3 Å². The largest absolute Gasteiger partial charge is 0.327 e. The number of benzene rings is 1. The molecule has 0 unspecified atom stereocenters. The van der Waals surface area contributed by atoms with Gasteiger partial charge >= 0.3 is 0 Å². The molecule has 22 heavy (non-hydrogen) atoms. The fourth-order valence-corrected chi connectivity index (χ4v) is 3.20. The van der Waals surface area contributed by atoms with E-state index in [-0.39, 0.29) is 11.8 Å². The number of nitrogens with zero attached hydrogens (tertiary/aromatic N) is 2. The molecule has 0 spiro atoms. The third kappa shape index (κ3) is 3.17. The van der Waals surface area contributed by atoms with Gasteiger partial charge in [-0.05, 0) is 18.4 Å². The molecular weight excluding hydrogens is 298 g/mol. The van der Waals surface area contributed by atoms with Crippen LogP contribution in [-0.4, -0.2) is 28.2 Å². The molecule has 0 radical (unpaired) electrons. The summed E-state index contributed by atoms with van der Waals surface area (Å²) in [5.74, 6) is -0.175. The van der Waals surface area contributed by atoms with E-state index in [1.165, 1.54) is 11.3 Å². The second-order valence-corrected chi connectivity index (χ2v) is 6.08. The number of anilines is 1. The van der Waals surface area contributed by atoms with Crippen LogP contribution in [-0.2, 0) is 9.59 Å². The quantitative estimate of drug-likeness (QED) is 0.943. The molecule has 1 fully saturated rings. The molecule has 3 rings (SSSR count). The van der Waals surface area contributed by atoms with Gasteiger partial charge in [-0.2, -0.15) is 0 Å². The molecule has 6 heteroatoms. The minimum absolute atomic E-state index is 0.0365. The summed E-state index contributed by atoms with van der Waals surface area (Å²) in [5, 5.41) is 5.17. The Balaban J connectivity index is 1.88. The SMILES string of the molecule is O=C(Nc1nccs1)[C@H](c1ccccc1)N1CCCCC1=O. The molecule has 1 N–H and O–H groups in total. The lowest BCUT2D eigenvalue weighted by molar-refractivity contribution is -0.141. The Morgan fingerprint density at radius 2 is 2.09 bits per heavy atom. The maximum Gasteiger partial charge on any atom is 0.253 e. The topological polar surface area (TPSA) is 62.3 Å². The van der Waals surface area contributed by atoms with Gasteiger partial charge < -0.3 is 4.90 Å². The van der Waals surface area contributed by atoms with Crippen molar-refractivity contribution < 1.29 is 9.59 Å². The summed E-state index contributed by atoms with van der Waals surface area (Å²) in [6, 6.07) is 8.83. The Bertz CT molecular complexity index is 643. The number of rotatable bonds is 4. The molecule has 2 amide bonds. The first-order valence-electron chi connectivity index (χ1n) is 7.30. The van der Waals surface area contributed by atoms with Crippen LogP contribution >= 0.6 is 11.3 Å². The zero-order chi connectivity index (χ0) is 15.4. The Morgan fingerprint density at radius 3 is 2.77 bits per heavy atom. The van der Waals surface area contributed by atoms with E-state index < -0.39 is 6.04 Å². The minimum Gasteiger partial charge on any atom is -0.327 e. The third-order valence-electron chi connectivity index (χ3n) is 3.70. The highest BCUT2D eigenvalue weighted by molar-refractivity contribution is 7.13. The Morgan fingerprint density at radius 1 is 1.27 bits per heavy atom. The van der Waals surface area contributed by atoms with Crippen LogP contribution in [0.1, 0.15) is 30.9 Å². The highest BCUT2D eigenvalue weighted by Gasteiger charge is 2.32. The third-order valence-corrected chi connectivity index (χ3v) is 4.39. The van der Waals surface area contributed by atoms with Crippen molar-refractivity contribution in [3.63, 3.8) is 0 Å². The maximum absolute atomic E-state index is 12.7. The molecule has 0 bridgehead atoms. The van der Waals surface area contributed by atoms with Gasteiger partial charge in [-0.25, -0.2) is 4.98 Å². The number of nitrogens with one attached hydrogen (secondary N) is 1. The van der Waals surface area contributed by atoms with Gasteiger partial charge in [0.2, 0.25) is 5.91 Å². The molecule has 0 saturated carbocycles. The summed E-state index contributed by atoms with van der Waals surface area (Å²) in [6.07, 6.45) is 3.97. The minimum atomic E-state index is -0.599. The summed E-state index contributed by atoms with van der Waals surface area (Å²) in [6.45, 7) is 0.615. The van der Waals surface area contributed by atoms with Crippen LogP contribution in [0.5, 0.6) is 0 Å². The van der Waals surface area contributed by atoms with Gasteiger partial charge in [0.15, 0.2) is 5.13 Å². The van der Waals surface area contributed by atoms with E-state index in [0.717, 1.165) is 18.4 Å². The highest BCUT2D eigenvalue weighted by Crippen LogP contribution is 2.27. The molecule has 114 valence electrons. The summed E-state index contributed by atoms with van der Waals surface area (Å²) >= 11 is 1.36. The van der Waals surface area contributed by atoms with Crippen molar-refractivity contribution in [2.45, 2.75) is 25.3 Å². The number of carbonyl (C=O) groups is 2. The van der Waals surface area contributed by atoms with Gasteiger partial charge in [0, 0.05) is 24.5 Å². The van der Waals surface area contributed by atoms with Gasteiger partial charge in [0.05, 0.1) is 0 Å². The first-order chi connectivity index (χ1) is 10.8. The summed E-state index contributed by atoms with van der Waals surface area (Å²) in [5.41, 5.74) is 0.826. The maximum atomic E-state index is 12.7. The lowest BCUT2D eigenvalue weighted by Crippen LogP contribution is -2.43. The molecule has 1 aromatic carbocycles. The number of likely N-dealkylation sites (tertiary alicyclic amines) is 1. The first kappa shape index (κ1) is 14.7. The monoisotopic (exact) mass is 315 g/mol. The average Bonchev–Trinajstić information content (AvgIpc) is 3.03. The Hall–Kier alpha value is -2.21. The van der Waals surface area contributed by atoms with E-state index in [0.29, 0.717) is 18.1 Å². The van der Waals surface area contributed by atoms with Crippen molar-refractivity contribution in [3.05, 3.63) is 47.5 Å². The fraction of sp³-hybridized carbons (Fsp3) is 0.312. The number of amides is 2. The summed E-state index contributed by atoms with van der Waals surface area (Å²) in [7, 11) is 0. The molecule has 2 aromatic rings. The van der Waals surface area contributed by atoms with Crippen LogP contribution in [0.3, 0.4) is 0 Å². The van der Waals surface area contributed by atoms with Crippen molar-refractivity contribution in [1.29, 1.82) is 0 Å². The lowest BCUT2D eigenvalue weighted by Gasteiger charge is -2.33. The molecule has 1 saturated heterocycles. The number of piperidine rings is 1. The van der Waals surface area contributed by atoms with Gasteiger partial charge in [0.1, 0.15) is 6.04 Å². The summed E-state index contributed by atoms with van der Waals surface area (Å²) < 4.78 is 0. The number of hydrogen-bond donors (Lipinski definition) is 1. The molecule has 1 atom stereocenters. The number of thiazole rings is 1. The predicted molar refractivity (Wildman–Crippen MR) is 85.5 cm³/mol. The zero-order valence-corrected chi connectivity index (χ0v) is 12.9. The van der Waals surface area contributed by atoms with Crippen LogP contribution in [0.15, 0.2) is 41.9 Å². The molecule has 5 nitrogen and oxygen atoms in total. The number of carbonyl (C=O) groups excluding carboxylic acids is 2. The lowest BCUT2D eigenvalue weighted by atomic mass is 10.0. The Kier molecular flexibility index (Phi) is 4.48. The number of aromatic nitrogens is 1. The Labute approximate surface area is 133 Å². The predicted octanol–water partition coefficient (Wildman–Crippen LogP) is 2.84. The van der Waals surface area contributed by atoms with Gasteiger partial charge in [0.25, 0.3) is 5.91 Å². The molecule has 2 heterocycles. The van der Waals surface area contributed by atoms with E-state index in [1.54, 1.807) is 16.5 Å². The molecule has 1 aliphatic heterocycles. The zero-order valence-electron chi connectivity index (χ0n) is 12.1. The smallest absolute Gasteiger partial charge is 0.253 e. The van der Waals surface area contributed by atoms with E-state index in [9.17, 15) is 9.59 Å². The van der Waals surface area contributed by atoms with E-state index in [2.05, 4.69) is 10.3 Å². The second kappa shape index (κ2) is 6.70. The van der Waals surface area contributed by atoms with Crippen molar-refractivity contribution in [2.75, 3.05) is 11.9 Å². The first-order valence-corrected chi connectivity index (χ1v) is 8.18. The summed E-state index contributed by atoms with van der Waals surface area (Å²) in [4.78, 5) is 30.7. The van der Waals surface area contributed by atoms with Crippen LogP contribution in [0.4, 0.5) is 5.13 Å². The highest BCUT2D eigenvalue weighted by atomic mass is 32.1. The normalized spacial score (nSPS) is 16.4. The fourth-order valence-electron chi connectivity index (χ4n) is 2.67. The molecular formula is C16H17N3O2S. The molecule has 1 aliphatic rings. The number of hydrogen-bond acceptors (Lipinski definition) is 4. The molecule has 1 aromatic heterocycles. The van der Waals surface area contributed by atoms with Crippen molar-refractivity contribution in [3.8, 4) is 0 Å². The standard InChI is InChI=1S/C16H17N3O2S/c20-13-8-4-5-10-19(13)14(12-6-2-1-3-7-12)15(21)18-16-17-9-11-22-16/h1-3,6-7,9,11,14H,4-5,8,10H2,(H,17,18,21)/t14-/m0/s1. The van der Waals surface area contributed by atoms with Crippen LogP contribution in [0.25, 0.3) is 0 Å². The van der Waals surface area contributed by atoms with Crippen LogP contribution in [0.2, 0.25) is 0 Å². The van der Waals surface area contributed by atoms with Crippen LogP contribution in [0, 0.1) is 0 Å². The molecule has 0 aliphatic carbocycles. The van der Waals surface area contributed by atoms with Crippen molar-refractivity contribution in [2.24, 2.45) is 0 Å². The van der Waals surface area contributed by atoms with Gasteiger partial charge in [-0.15, -0.1) is 11.3 Å². The van der Waals surface area contributed by atoms with Crippen LogP contribution < -0.4 is 5.32 Å². The van der Waals surface area contributed by atoms with Gasteiger partial charge in [-0.3, -0.25) is 14.9 Å².